The summed E-state index contributed by atoms with van der Waals surface area (Å²) < 4.78 is 22.9. The molecule has 0 bridgehead atoms. The Morgan fingerprint density at radius 1 is 0.275 bits per heavy atom. The molecule has 500 valence electrons. The highest BCUT2D eigenvalue weighted by atomic mass is 16.5. The molecule has 14 rings (SSSR count). The van der Waals surface area contributed by atoms with Crippen LogP contribution in [0.25, 0.3) is 10.8 Å². The molecule has 0 aromatic heterocycles. The van der Waals surface area contributed by atoms with Gasteiger partial charge < -0.3 is 38.5 Å². The van der Waals surface area contributed by atoms with Crippen LogP contribution in [-0.4, -0.2) is 31.8 Å². The van der Waals surface area contributed by atoms with E-state index in [-0.39, 0.29) is 11.6 Å². The van der Waals surface area contributed by atoms with Crippen LogP contribution in [-0.2, 0) is 0 Å². The number of ketones is 2. The maximum absolute atomic E-state index is 13.0. The topological polar surface area (TPSA) is 101 Å². The lowest BCUT2D eigenvalue weighted by Crippen LogP contribution is -2.14. The van der Waals surface area contributed by atoms with Crippen LogP contribution in [0.4, 0.5) is 68.2 Å². The van der Waals surface area contributed by atoms with Gasteiger partial charge in [0, 0.05) is 84.3 Å². The molecule has 0 saturated heterocycles. The number of rotatable bonds is 21. The summed E-state index contributed by atoms with van der Waals surface area (Å²) in [5.74, 6) is 2.87. The largest absolute Gasteiger partial charge is 0.497 e. The lowest BCUT2D eigenvalue weighted by atomic mass is 10.0. The Kier molecular flexibility index (Phi) is 20.5. The Hall–Kier alpha value is -13.3. The highest BCUT2D eigenvalue weighted by molar-refractivity contribution is 6.09. The van der Waals surface area contributed by atoms with E-state index in [1.165, 1.54) is 6.92 Å². The van der Waals surface area contributed by atoms with E-state index in [1.807, 2.05) is 159 Å². The molecule has 11 heteroatoms. The van der Waals surface area contributed by atoms with Crippen LogP contribution >= 0.6 is 0 Å². The third-order valence-corrected chi connectivity index (χ3v) is 17.7. The van der Waals surface area contributed by atoms with Crippen molar-refractivity contribution >= 4 is 96.6 Å². The minimum Gasteiger partial charge on any atom is -0.497 e. The first-order chi connectivity index (χ1) is 49.9. The van der Waals surface area contributed by atoms with Crippen LogP contribution in [0.1, 0.15) is 60.3 Å². The van der Waals surface area contributed by atoms with Crippen molar-refractivity contribution in [2.75, 3.05) is 33.8 Å². The molecule has 0 aliphatic carbocycles. The first-order valence-corrected chi connectivity index (χ1v) is 33.6. The lowest BCUT2D eigenvalue weighted by molar-refractivity contribution is 0.0734. The molecule has 0 aliphatic heterocycles. The fraction of sp³-hybridized carbons (Fsp3) is 0.0659. The van der Waals surface area contributed by atoms with Crippen molar-refractivity contribution < 1.29 is 33.3 Å². The van der Waals surface area contributed by atoms with Crippen molar-refractivity contribution in [2.45, 2.75) is 27.7 Å². The molecule has 0 spiro atoms. The average Bonchev–Trinajstić information content (AvgIpc) is 0.765. The van der Waals surface area contributed by atoms with Crippen molar-refractivity contribution in [3.63, 3.8) is 0 Å². The SMILES string of the molecule is COc1ccc(N(c2ccccc2)c2ccc(N(c3ccccc3)c3ccc(OC(=O)c4ccc(C(C)=O)cc4)cc3C)cc2)c(C)c1.COc1ccc(N(c2ccccc2)c2cccc3c(N(c4ccccc4)c4ccc(Oc5ccc(C(=O)c6ccc(C)cc6)cc5)cc4)cccc23)cc1. The molecule has 11 nitrogen and oxygen atoms in total. The predicted molar refractivity (Wildman–Crippen MR) is 414 cm³/mol. The molecule has 0 saturated carbocycles. The van der Waals surface area contributed by atoms with Crippen LogP contribution in [0.15, 0.2) is 340 Å². The molecule has 0 N–H and O–H groups in total. The molecule has 14 aromatic rings. The van der Waals surface area contributed by atoms with E-state index in [2.05, 4.69) is 190 Å². The number of carbonyl (C=O) groups is 3. The Balaban J connectivity index is 0.000000183. The highest BCUT2D eigenvalue weighted by Crippen LogP contribution is 2.46. The zero-order valence-electron chi connectivity index (χ0n) is 57.5. The van der Waals surface area contributed by atoms with Gasteiger partial charge in [0.1, 0.15) is 28.7 Å². The van der Waals surface area contributed by atoms with Crippen molar-refractivity contribution in [3.8, 4) is 28.7 Å². The summed E-state index contributed by atoms with van der Waals surface area (Å²) in [6.45, 7) is 7.60. The molecule has 0 aliphatic rings. The van der Waals surface area contributed by atoms with Crippen LogP contribution in [0.3, 0.4) is 0 Å². The molecule has 0 heterocycles. The summed E-state index contributed by atoms with van der Waals surface area (Å²) in [6.07, 6.45) is 0. The van der Waals surface area contributed by atoms with Crippen molar-refractivity contribution in [2.24, 2.45) is 0 Å². The molecular weight excluding hydrogens is 1260 g/mol. The molecule has 0 atom stereocenters. The molecule has 0 unspecified atom stereocenters. The van der Waals surface area contributed by atoms with Gasteiger partial charge in [-0.1, -0.05) is 139 Å². The van der Waals surface area contributed by atoms with Gasteiger partial charge in [-0.05, 0) is 245 Å². The number of methoxy groups -OCH3 is 2. The number of aryl methyl sites for hydroxylation is 3. The number of ether oxygens (including phenoxy) is 4. The van der Waals surface area contributed by atoms with E-state index < -0.39 is 5.97 Å². The number of esters is 1. The van der Waals surface area contributed by atoms with Gasteiger partial charge in [-0.2, -0.15) is 0 Å². The zero-order valence-corrected chi connectivity index (χ0v) is 57.5. The number of carbonyl (C=O) groups excluding carboxylic acids is 3. The average molecular weight is 1340 g/mol. The van der Waals surface area contributed by atoms with Crippen LogP contribution < -0.4 is 38.5 Å². The summed E-state index contributed by atoms with van der Waals surface area (Å²) in [7, 11) is 3.37. The third kappa shape index (κ3) is 15.2. The molecule has 102 heavy (non-hydrogen) atoms. The molecule has 0 fully saturated rings. The van der Waals surface area contributed by atoms with E-state index in [0.717, 1.165) is 107 Å². The van der Waals surface area contributed by atoms with Gasteiger partial charge in [-0.15, -0.1) is 0 Å². The number of hydrogen-bond donors (Lipinski definition) is 0. The van der Waals surface area contributed by atoms with E-state index >= 15 is 0 Å². The second kappa shape index (κ2) is 31.1. The summed E-state index contributed by atoms with van der Waals surface area (Å²) in [5, 5.41) is 2.22. The minimum atomic E-state index is -0.483. The van der Waals surface area contributed by atoms with E-state index in [1.54, 1.807) is 44.6 Å². The third-order valence-electron chi connectivity index (χ3n) is 17.7. The second-order valence-electron chi connectivity index (χ2n) is 24.5. The van der Waals surface area contributed by atoms with Crippen LogP contribution in [0, 0.1) is 20.8 Å². The summed E-state index contributed by atoms with van der Waals surface area (Å²) in [6, 6.07) is 112. The van der Waals surface area contributed by atoms with Gasteiger partial charge >= 0.3 is 5.97 Å². The Morgan fingerprint density at radius 3 is 0.980 bits per heavy atom. The second-order valence-corrected chi connectivity index (χ2v) is 24.5. The monoisotopic (exact) mass is 1330 g/mol. The van der Waals surface area contributed by atoms with Crippen molar-refractivity contribution in [1.82, 2.24) is 0 Å². The van der Waals surface area contributed by atoms with Crippen LogP contribution in [0.5, 0.6) is 28.7 Å². The summed E-state index contributed by atoms with van der Waals surface area (Å²) >= 11 is 0. The first-order valence-electron chi connectivity index (χ1n) is 33.6. The van der Waals surface area contributed by atoms with E-state index in [4.69, 9.17) is 18.9 Å². The lowest BCUT2D eigenvalue weighted by Gasteiger charge is -2.30. The predicted octanol–water partition coefficient (Wildman–Crippen LogP) is 23.8. The Labute approximate surface area is 595 Å². The molecular formula is C91H74N4O7. The number of hydrogen-bond acceptors (Lipinski definition) is 11. The Morgan fingerprint density at radius 2 is 0.588 bits per heavy atom. The number of benzene rings is 14. The standard InChI is InChI=1S/C49H38N2O3.C42H36N2O4/c1-35-19-21-36(22-20-35)49(52)37-23-29-43(30-24-37)54-44-33-27-41(28-34-44)51(39-13-7-4-8-14-39)48-18-10-15-45-46(48)16-9-17-47(45)50(38-11-5-3-6-12-38)40-25-31-42(53-2)32-26-40;1-29-27-38(47-4)23-25-40(29)43(34-11-7-5-8-12-34)36-19-21-37(22-20-36)44(35-13-9-6-10-14-35)41-26-24-39(28-30(41)2)48-42(46)33-17-15-32(16-18-33)31(3)45/h3-34H,1-2H3;5-28H,1-4H3. The normalized spacial score (nSPS) is 10.8. The maximum atomic E-state index is 13.0. The van der Waals surface area contributed by atoms with Gasteiger partial charge in [0.15, 0.2) is 11.6 Å². The molecule has 0 radical (unpaired) electrons. The van der Waals surface area contributed by atoms with Crippen LogP contribution in [0.2, 0.25) is 0 Å². The first kappa shape index (κ1) is 67.3. The molecule has 14 aromatic carbocycles. The quantitative estimate of drug-likeness (QED) is 0.0390. The van der Waals surface area contributed by atoms with Gasteiger partial charge in [-0.25, -0.2) is 4.79 Å². The summed E-state index contributed by atoms with van der Waals surface area (Å²) in [4.78, 5) is 46.5. The smallest absolute Gasteiger partial charge is 0.343 e. The highest BCUT2D eigenvalue weighted by Gasteiger charge is 2.23. The fourth-order valence-electron chi connectivity index (χ4n) is 12.5. The minimum absolute atomic E-state index is 0.0130. The number of anilines is 12. The van der Waals surface area contributed by atoms with Gasteiger partial charge in [0.05, 0.1) is 31.2 Å². The maximum Gasteiger partial charge on any atom is 0.343 e. The van der Waals surface area contributed by atoms with Gasteiger partial charge in [-0.3, -0.25) is 9.59 Å². The number of nitrogens with zero attached hydrogens (tertiary/aromatic N) is 4. The van der Waals surface area contributed by atoms with E-state index in [0.29, 0.717) is 39.5 Å². The van der Waals surface area contributed by atoms with E-state index in [9.17, 15) is 14.4 Å². The zero-order chi connectivity index (χ0) is 70.5. The van der Waals surface area contributed by atoms with Gasteiger partial charge in [0.2, 0.25) is 0 Å². The number of Topliss-reactive ketones (excluding diaryl/α,β-unsaturated/α-hetero) is 1. The summed E-state index contributed by atoms with van der Waals surface area (Å²) in [5.41, 5.74) is 17.6. The fourth-order valence-corrected chi connectivity index (χ4v) is 12.5. The molecule has 0 amide bonds. The Bertz CT molecular complexity index is 5200. The number of fused-ring (bicyclic) bond motifs is 1. The van der Waals surface area contributed by atoms with Crippen molar-refractivity contribution in [3.05, 3.63) is 379 Å². The van der Waals surface area contributed by atoms with Gasteiger partial charge in [0.25, 0.3) is 0 Å². The number of para-hydroxylation sites is 4. The van der Waals surface area contributed by atoms with Crippen molar-refractivity contribution in [1.29, 1.82) is 0 Å².